The van der Waals surface area contributed by atoms with Gasteiger partial charge < -0.3 is 4.57 Å². The molecule has 0 amide bonds. The van der Waals surface area contributed by atoms with Crippen LogP contribution in [0.2, 0.25) is 0 Å². The van der Waals surface area contributed by atoms with Gasteiger partial charge in [-0.15, -0.1) is 5.10 Å². The lowest BCUT2D eigenvalue weighted by molar-refractivity contribution is 0.126. The third-order valence-corrected chi connectivity index (χ3v) is 3.60. The molecule has 0 bridgehead atoms. The summed E-state index contributed by atoms with van der Waals surface area (Å²) in [6.07, 6.45) is 4.04. The fourth-order valence-corrected chi connectivity index (χ4v) is 2.58. The SMILES string of the molecule is Cc1ncc(C)n2nc(C=Cc3nc(Br)cn3CC(F)F)nc12. The molecule has 23 heavy (non-hydrogen) atoms. The number of alkyl halides is 2. The van der Waals surface area contributed by atoms with Crippen molar-refractivity contribution in [2.24, 2.45) is 0 Å². The second kappa shape index (κ2) is 6.15. The molecule has 0 N–H and O–H groups in total. The van der Waals surface area contributed by atoms with E-state index in [1.165, 1.54) is 10.8 Å². The van der Waals surface area contributed by atoms with Gasteiger partial charge in [0.25, 0.3) is 6.43 Å². The summed E-state index contributed by atoms with van der Waals surface area (Å²) in [5.41, 5.74) is 2.30. The maximum absolute atomic E-state index is 12.6. The number of hydrogen-bond donors (Lipinski definition) is 0. The number of imidazole rings is 1. The fraction of sp³-hybridized carbons (Fsp3) is 0.286. The van der Waals surface area contributed by atoms with E-state index in [0.717, 1.165) is 11.4 Å². The molecule has 0 aromatic carbocycles. The second-order valence-corrected chi connectivity index (χ2v) is 5.80. The number of nitrogens with zero attached hydrogens (tertiary/aromatic N) is 6. The zero-order valence-corrected chi connectivity index (χ0v) is 14.0. The van der Waals surface area contributed by atoms with Crippen LogP contribution in [-0.4, -0.2) is 35.6 Å². The van der Waals surface area contributed by atoms with E-state index >= 15 is 0 Å². The monoisotopic (exact) mass is 382 g/mol. The van der Waals surface area contributed by atoms with Gasteiger partial charge in [-0.25, -0.2) is 23.3 Å². The Morgan fingerprint density at radius 2 is 2.04 bits per heavy atom. The minimum Gasteiger partial charge on any atom is -0.325 e. The van der Waals surface area contributed by atoms with Crippen molar-refractivity contribution < 1.29 is 8.78 Å². The van der Waals surface area contributed by atoms with Crippen molar-refractivity contribution in [3.63, 3.8) is 0 Å². The molecule has 0 aliphatic rings. The van der Waals surface area contributed by atoms with Crippen molar-refractivity contribution in [1.29, 1.82) is 0 Å². The third kappa shape index (κ3) is 3.29. The molecule has 3 heterocycles. The average molecular weight is 383 g/mol. The highest BCUT2D eigenvalue weighted by Crippen LogP contribution is 2.15. The van der Waals surface area contributed by atoms with Crippen LogP contribution in [0.5, 0.6) is 0 Å². The lowest BCUT2D eigenvalue weighted by atomic mass is 10.4. The van der Waals surface area contributed by atoms with E-state index in [1.807, 2.05) is 13.8 Å². The predicted molar refractivity (Wildman–Crippen MR) is 85.1 cm³/mol. The van der Waals surface area contributed by atoms with Gasteiger partial charge in [-0.1, -0.05) is 0 Å². The number of fused-ring (bicyclic) bond motifs is 1. The molecular formula is C14H13BrF2N6. The van der Waals surface area contributed by atoms with E-state index < -0.39 is 13.0 Å². The summed E-state index contributed by atoms with van der Waals surface area (Å²) in [7, 11) is 0. The average Bonchev–Trinajstić information content (AvgIpc) is 3.05. The molecule has 120 valence electrons. The number of halogens is 3. The molecule has 0 saturated carbocycles. The summed E-state index contributed by atoms with van der Waals surface area (Å²) in [6.45, 7) is 3.32. The highest BCUT2D eigenvalue weighted by Gasteiger charge is 2.10. The first-order valence-electron chi connectivity index (χ1n) is 6.82. The largest absolute Gasteiger partial charge is 0.325 e. The van der Waals surface area contributed by atoms with Crippen LogP contribution in [0.3, 0.4) is 0 Å². The van der Waals surface area contributed by atoms with Gasteiger partial charge in [0.2, 0.25) is 0 Å². The molecule has 0 fully saturated rings. The van der Waals surface area contributed by atoms with Crippen molar-refractivity contribution in [2.75, 3.05) is 0 Å². The van der Waals surface area contributed by atoms with Gasteiger partial charge >= 0.3 is 0 Å². The Hall–Kier alpha value is -2.16. The summed E-state index contributed by atoms with van der Waals surface area (Å²) >= 11 is 3.19. The summed E-state index contributed by atoms with van der Waals surface area (Å²) in [4.78, 5) is 12.8. The Balaban J connectivity index is 1.94. The van der Waals surface area contributed by atoms with Gasteiger partial charge in [-0.3, -0.25) is 4.98 Å². The lowest BCUT2D eigenvalue weighted by Crippen LogP contribution is -2.07. The summed E-state index contributed by atoms with van der Waals surface area (Å²) in [5, 5.41) is 4.37. The Morgan fingerprint density at radius 1 is 1.26 bits per heavy atom. The molecule has 0 spiro atoms. The van der Waals surface area contributed by atoms with Crippen LogP contribution in [0.25, 0.3) is 17.8 Å². The van der Waals surface area contributed by atoms with Crippen molar-refractivity contribution in [2.45, 2.75) is 26.8 Å². The smallest absolute Gasteiger partial charge is 0.256 e. The predicted octanol–water partition coefficient (Wildman–Crippen LogP) is 3.14. The molecule has 9 heteroatoms. The van der Waals surface area contributed by atoms with Crippen LogP contribution in [0.4, 0.5) is 8.78 Å². The van der Waals surface area contributed by atoms with Gasteiger partial charge in [0, 0.05) is 12.4 Å². The maximum atomic E-state index is 12.6. The normalized spacial score (nSPS) is 12.1. The quantitative estimate of drug-likeness (QED) is 0.695. The zero-order chi connectivity index (χ0) is 16.6. The molecule has 3 aromatic heterocycles. The van der Waals surface area contributed by atoms with Crippen LogP contribution in [0, 0.1) is 13.8 Å². The molecule has 6 nitrogen and oxygen atoms in total. The Morgan fingerprint density at radius 3 is 2.74 bits per heavy atom. The second-order valence-electron chi connectivity index (χ2n) is 4.99. The van der Waals surface area contributed by atoms with Gasteiger partial charge in [0.15, 0.2) is 11.5 Å². The van der Waals surface area contributed by atoms with Crippen LogP contribution in [0.1, 0.15) is 23.0 Å². The fourth-order valence-electron chi connectivity index (χ4n) is 2.16. The van der Waals surface area contributed by atoms with E-state index in [4.69, 9.17) is 0 Å². The third-order valence-electron chi connectivity index (χ3n) is 3.22. The molecule has 3 aromatic rings. The molecule has 3 rings (SSSR count). The summed E-state index contributed by atoms with van der Waals surface area (Å²) in [6, 6.07) is 0. The molecule has 0 unspecified atom stereocenters. The number of rotatable bonds is 4. The van der Waals surface area contributed by atoms with E-state index in [1.54, 1.807) is 22.9 Å². The Kier molecular flexibility index (Phi) is 4.20. The minimum absolute atomic E-state index is 0.405. The molecule has 0 saturated heterocycles. The summed E-state index contributed by atoms with van der Waals surface area (Å²) < 4.78 is 28.7. The summed E-state index contributed by atoms with van der Waals surface area (Å²) in [5.74, 6) is 0.870. The first-order valence-corrected chi connectivity index (χ1v) is 7.61. The van der Waals surface area contributed by atoms with Gasteiger partial charge in [0.05, 0.1) is 17.9 Å². The van der Waals surface area contributed by atoms with Crippen molar-refractivity contribution in [3.05, 3.63) is 40.0 Å². The van der Waals surface area contributed by atoms with E-state index in [2.05, 4.69) is 36.0 Å². The van der Waals surface area contributed by atoms with Gasteiger partial charge in [0.1, 0.15) is 10.4 Å². The zero-order valence-electron chi connectivity index (χ0n) is 12.4. The number of aromatic nitrogens is 6. The van der Waals surface area contributed by atoms with Crippen molar-refractivity contribution >= 4 is 33.7 Å². The molecule has 0 atom stereocenters. The first kappa shape index (κ1) is 15.7. The highest BCUT2D eigenvalue weighted by molar-refractivity contribution is 9.10. The number of hydrogen-bond acceptors (Lipinski definition) is 4. The van der Waals surface area contributed by atoms with Crippen LogP contribution >= 0.6 is 15.9 Å². The number of aryl methyl sites for hydroxylation is 2. The van der Waals surface area contributed by atoms with E-state index in [-0.39, 0.29) is 0 Å². The molecule has 0 aliphatic heterocycles. The molecule has 0 radical (unpaired) electrons. The highest BCUT2D eigenvalue weighted by atomic mass is 79.9. The minimum atomic E-state index is -2.45. The van der Waals surface area contributed by atoms with Gasteiger partial charge in [-0.2, -0.15) is 0 Å². The van der Waals surface area contributed by atoms with E-state index in [0.29, 0.717) is 21.9 Å². The Bertz CT molecular complexity index is 844. The lowest BCUT2D eigenvalue weighted by Gasteiger charge is -2.02. The van der Waals surface area contributed by atoms with E-state index in [9.17, 15) is 8.78 Å². The maximum Gasteiger partial charge on any atom is 0.256 e. The first-order chi connectivity index (χ1) is 10.9. The Labute approximate surface area is 139 Å². The van der Waals surface area contributed by atoms with Gasteiger partial charge in [-0.05, 0) is 41.9 Å². The van der Waals surface area contributed by atoms with Crippen LogP contribution < -0.4 is 0 Å². The molecule has 0 aliphatic carbocycles. The van der Waals surface area contributed by atoms with Crippen LogP contribution in [-0.2, 0) is 6.54 Å². The van der Waals surface area contributed by atoms with Crippen molar-refractivity contribution in [3.8, 4) is 0 Å². The van der Waals surface area contributed by atoms with Crippen molar-refractivity contribution in [1.82, 2.24) is 29.1 Å². The topological polar surface area (TPSA) is 60.9 Å². The molecular weight excluding hydrogens is 370 g/mol. The van der Waals surface area contributed by atoms with Crippen LogP contribution in [0.15, 0.2) is 17.0 Å². The standard InChI is InChI=1S/C14H13BrF2N6/c1-8-5-18-9(2)14-20-12(21-23(8)14)3-4-13-19-10(15)6-22(13)7-11(16)17/h3-6,11H,7H2,1-2H3.